The van der Waals surface area contributed by atoms with Crippen molar-refractivity contribution in [2.45, 2.75) is 110 Å². The summed E-state index contributed by atoms with van der Waals surface area (Å²) in [4.78, 5) is 10.3. The Hall–Kier alpha value is -0.730. The Morgan fingerprint density at radius 3 is 2.00 bits per heavy atom. The first-order valence-electron chi connectivity index (χ1n) is 11.1. The van der Waals surface area contributed by atoms with Crippen molar-refractivity contribution in [3.05, 3.63) is 0 Å². The molecule has 1 atom stereocenters. The van der Waals surface area contributed by atoms with Crippen molar-refractivity contribution in [2.24, 2.45) is 4.99 Å². The van der Waals surface area contributed by atoms with Crippen molar-refractivity contribution < 1.29 is 0 Å². The third-order valence-electron chi connectivity index (χ3n) is 5.62. The van der Waals surface area contributed by atoms with Crippen LogP contribution in [-0.4, -0.2) is 48.0 Å². The molecule has 0 aromatic heterocycles. The maximum atomic E-state index is 5.38. The van der Waals surface area contributed by atoms with E-state index in [1.54, 1.807) is 0 Å². The van der Waals surface area contributed by atoms with Gasteiger partial charge in [-0.1, -0.05) is 78.6 Å². The normalized spacial score (nSPS) is 19.0. The van der Waals surface area contributed by atoms with E-state index in [0.29, 0.717) is 0 Å². The minimum absolute atomic E-state index is 0.125. The van der Waals surface area contributed by atoms with Crippen LogP contribution < -0.4 is 0 Å². The number of nitrogens with zero attached hydrogens (tertiary/aromatic N) is 3. The Morgan fingerprint density at radius 1 is 0.800 bits per heavy atom. The molecule has 0 aromatic rings. The molecule has 1 saturated heterocycles. The predicted molar refractivity (Wildman–Crippen MR) is 112 cm³/mol. The maximum Gasteiger partial charge on any atom is 0.196 e. The van der Waals surface area contributed by atoms with Gasteiger partial charge in [-0.25, -0.2) is 4.99 Å². The molecule has 148 valence electrons. The zero-order valence-electron chi connectivity index (χ0n) is 17.9. The van der Waals surface area contributed by atoms with Gasteiger partial charge in [0.25, 0.3) is 0 Å². The summed E-state index contributed by atoms with van der Waals surface area (Å²) in [5.74, 6) is 1.26. The number of likely N-dealkylation sites (N-methyl/N-ethyl adjacent to an activating group) is 1. The highest BCUT2D eigenvalue weighted by atomic mass is 15.4. The minimum atomic E-state index is 0.125. The molecule has 1 rings (SSSR count). The standard InChI is InChI=1S/C22H45N3/c1-6-9-12-13-15-17-22(4,16-14-10-7-2)23-21-24(5)19-20-25(21)18-11-8-3/h6-20H2,1-5H3. The number of hydrogen-bond acceptors (Lipinski definition) is 1. The quantitative estimate of drug-likeness (QED) is 0.353. The third kappa shape index (κ3) is 8.46. The molecule has 0 bridgehead atoms. The van der Waals surface area contributed by atoms with Gasteiger partial charge in [-0.3, -0.25) is 0 Å². The van der Waals surface area contributed by atoms with Crippen molar-refractivity contribution in [1.82, 2.24) is 9.80 Å². The lowest BCUT2D eigenvalue weighted by Crippen LogP contribution is -2.36. The highest BCUT2D eigenvalue weighted by Crippen LogP contribution is 2.28. The molecule has 3 nitrogen and oxygen atoms in total. The van der Waals surface area contributed by atoms with Crippen molar-refractivity contribution in [3.63, 3.8) is 0 Å². The van der Waals surface area contributed by atoms with Crippen LogP contribution in [0.25, 0.3) is 0 Å². The summed E-state index contributed by atoms with van der Waals surface area (Å²) in [5, 5.41) is 0. The van der Waals surface area contributed by atoms with Gasteiger partial charge in [-0.05, 0) is 26.2 Å². The van der Waals surface area contributed by atoms with Gasteiger partial charge in [0.05, 0.1) is 5.54 Å². The molecule has 25 heavy (non-hydrogen) atoms. The molecule has 1 heterocycles. The first-order valence-corrected chi connectivity index (χ1v) is 11.1. The minimum Gasteiger partial charge on any atom is -0.344 e. The van der Waals surface area contributed by atoms with E-state index in [-0.39, 0.29) is 5.54 Å². The topological polar surface area (TPSA) is 18.8 Å². The summed E-state index contributed by atoms with van der Waals surface area (Å²) in [7, 11) is 2.22. The van der Waals surface area contributed by atoms with Gasteiger partial charge in [0.15, 0.2) is 5.96 Å². The molecule has 0 aromatic carbocycles. The summed E-state index contributed by atoms with van der Waals surface area (Å²) in [6, 6.07) is 0. The number of hydrogen-bond donors (Lipinski definition) is 0. The summed E-state index contributed by atoms with van der Waals surface area (Å²) in [6.07, 6.45) is 15.8. The van der Waals surface area contributed by atoms with E-state index >= 15 is 0 Å². The van der Waals surface area contributed by atoms with E-state index in [1.807, 2.05) is 0 Å². The summed E-state index contributed by atoms with van der Waals surface area (Å²) < 4.78 is 0. The van der Waals surface area contributed by atoms with Crippen LogP contribution in [0.3, 0.4) is 0 Å². The summed E-state index contributed by atoms with van der Waals surface area (Å²) >= 11 is 0. The molecule has 1 fully saturated rings. The Morgan fingerprint density at radius 2 is 1.36 bits per heavy atom. The van der Waals surface area contributed by atoms with Gasteiger partial charge >= 0.3 is 0 Å². The van der Waals surface area contributed by atoms with Gasteiger partial charge in [0.1, 0.15) is 0 Å². The molecule has 0 spiro atoms. The summed E-state index contributed by atoms with van der Waals surface area (Å²) in [5.41, 5.74) is 0.125. The molecule has 0 radical (unpaired) electrons. The molecule has 1 aliphatic rings. The van der Waals surface area contributed by atoms with E-state index in [0.717, 1.165) is 13.1 Å². The van der Waals surface area contributed by atoms with Crippen molar-refractivity contribution in [1.29, 1.82) is 0 Å². The van der Waals surface area contributed by atoms with Crippen molar-refractivity contribution in [2.75, 3.05) is 26.7 Å². The molecule has 0 saturated carbocycles. The van der Waals surface area contributed by atoms with Crippen LogP contribution in [0.5, 0.6) is 0 Å². The van der Waals surface area contributed by atoms with Crippen LogP contribution in [0.4, 0.5) is 0 Å². The first-order chi connectivity index (χ1) is 12.1. The first kappa shape index (κ1) is 22.3. The Balaban J connectivity index is 2.73. The van der Waals surface area contributed by atoms with Gasteiger partial charge in [0, 0.05) is 26.7 Å². The molecule has 0 aliphatic carbocycles. The largest absolute Gasteiger partial charge is 0.344 e. The smallest absolute Gasteiger partial charge is 0.196 e. The second-order valence-corrected chi connectivity index (χ2v) is 8.29. The highest BCUT2D eigenvalue weighted by molar-refractivity contribution is 5.82. The maximum absolute atomic E-state index is 5.38. The lowest BCUT2D eigenvalue weighted by Gasteiger charge is -2.30. The van der Waals surface area contributed by atoms with Crippen LogP contribution in [0.1, 0.15) is 105 Å². The molecule has 0 N–H and O–H groups in total. The van der Waals surface area contributed by atoms with E-state index in [1.165, 1.54) is 89.6 Å². The van der Waals surface area contributed by atoms with Gasteiger partial charge in [0.2, 0.25) is 0 Å². The number of rotatable bonds is 14. The lowest BCUT2D eigenvalue weighted by molar-refractivity contribution is 0.354. The van der Waals surface area contributed by atoms with Gasteiger partial charge in [-0.15, -0.1) is 0 Å². The van der Waals surface area contributed by atoms with Crippen LogP contribution in [0, 0.1) is 0 Å². The molecule has 3 heteroatoms. The second kappa shape index (κ2) is 12.6. The Kier molecular flexibility index (Phi) is 11.2. The fourth-order valence-electron chi connectivity index (χ4n) is 3.77. The van der Waals surface area contributed by atoms with E-state index in [2.05, 4.69) is 44.5 Å². The predicted octanol–water partition coefficient (Wildman–Crippen LogP) is 6.09. The Labute approximate surface area is 158 Å². The summed E-state index contributed by atoms with van der Waals surface area (Å²) in [6.45, 7) is 12.7. The third-order valence-corrected chi connectivity index (χ3v) is 5.62. The fourth-order valence-corrected chi connectivity index (χ4v) is 3.77. The highest BCUT2D eigenvalue weighted by Gasteiger charge is 2.29. The SMILES string of the molecule is CCCCCCCC(C)(CCCCC)N=C1N(C)CCN1CCCC. The number of aliphatic imine (C=N–C) groups is 1. The zero-order chi connectivity index (χ0) is 18.5. The molecule has 1 aliphatic heterocycles. The number of guanidine groups is 1. The van der Waals surface area contributed by atoms with Crippen LogP contribution in [0.15, 0.2) is 4.99 Å². The van der Waals surface area contributed by atoms with E-state index in [4.69, 9.17) is 4.99 Å². The fraction of sp³-hybridized carbons (Fsp3) is 0.955. The van der Waals surface area contributed by atoms with E-state index < -0.39 is 0 Å². The van der Waals surface area contributed by atoms with Crippen LogP contribution >= 0.6 is 0 Å². The zero-order valence-corrected chi connectivity index (χ0v) is 17.9. The van der Waals surface area contributed by atoms with Crippen LogP contribution in [-0.2, 0) is 0 Å². The average molecular weight is 352 g/mol. The average Bonchev–Trinajstić information content (AvgIpc) is 2.93. The molecular weight excluding hydrogens is 306 g/mol. The molecular formula is C22H45N3. The van der Waals surface area contributed by atoms with Crippen molar-refractivity contribution in [3.8, 4) is 0 Å². The lowest BCUT2D eigenvalue weighted by atomic mass is 9.89. The molecule has 1 unspecified atom stereocenters. The van der Waals surface area contributed by atoms with Crippen molar-refractivity contribution >= 4 is 5.96 Å². The Bertz CT molecular complexity index is 366. The van der Waals surface area contributed by atoms with Gasteiger partial charge < -0.3 is 9.80 Å². The monoisotopic (exact) mass is 351 g/mol. The second-order valence-electron chi connectivity index (χ2n) is 8.29. The van der Waals surface area contributed by atoms with E-state index in [9.17, 15) is 0 Å². The van der Waals surface area contributed by atoms with Crippen LogP contribution in [0.2, 0.25) is 0 Å². The van der Waals surface area contributed by atoms with Gasteiger partial charge in [-0.2, -0.15) is 0 Å². The number of unbranched alkanes of at least 4 members (excludes halogenated alkanes) is 7. The molecule has 0 amide bonds.